The Hall–Kier alpha value is -0.800. The van der Waals surface area contributed by atoms with E-state index in [2.05, 4.69) is 14.7 Å². The van der Waals surface area contributed by atoms with E-state index in [1.807, 2.05) is 0 Å². The minimum Gasteiger partial charge on any atom is -0.395 e. The number of rotatable bonds is 5. The van der Waals surface area contributed by atoms with Gasteiger partial charge in [-0.15, -0.1) is 0 Å². The van der Waals surface area contributed by atoms with Crippen LogP contribution in [0.5, 0.6) is 0 Å². The number of aliphatic hydroxyl groups is 2. The predicted molar refractivity (Wildman–Crippen MR) is 55.3 cm³/mol. The van der Waals surface area contributed by atoms with Crippen molar-refractivity contribution in [3.63, 3.8) is 0 Å². The first kappa shape index (κ1) is 13.3. The van der Waals surface area contributed by atoms with Crippen molar-refractivity contribution in [1.82, 2.24) is 14.7 Å². The second-order valence-corrected chi connectivity index (χ2v) is 4.92. The van der Waals surface area contributed by atoms with Gasteiger partial charge in [0.2, 0.25) is 15.3 Å². The maximum Gasteiger partial charge on any atom is 0.244 e. The molecule has 0 aromatic carbocycles. The molecule has 0 fully saturated rings. The minimum atomic E-state index is -3.85. The van der Waals surface area contributed by atoms with Crippen LogP contribution in [0.4, 0.5) is 0 Å². The van der Waals surface area contributed by atoms with E-state index in [9.17, 15) is 8.42 Å². The average molecular weight is 268 g/mol. The molecule has 0 saturated carbocycles. The number of sulfonamides is 1. The molecule has 0 saturated heterocycles. The van der Waals surface area contributed by atoms with E-state index in [-0.39, 0.29) is 10.2 Å². The minimum absolute atomic E-state index is 0.0696. The highest BCUT2D eigenvalue weighted by molar-refractivity contribution is 7.89. The SMILES string of the molecule is O=S(=O)(NC(CO)CO)c1cnc(Cl)nc1. The van der Waals surface area contributed by atoms with E-state index in [0.717, 1.165) is 12.4 Å². The molecule has 7 nitrogen and oxygen atoms in total. The largest absolute Gasteiger partial charge is 0.395 e. The van der Waals surface area contributed by atoms with Crippen molar-refractivity contribution < 1.29 is 18.6 Å². The van der Waals surface area contributed by atoms with Crippen LogP contribution in [0.2, 0.25) is 5.28 Å². The molecule has 0 unspecified atom stereocenters. The smallest absolute Gasteiger partial charge is 0.244 e. The number of aliphatic hydroxyl groups excluding tert-OH is 2. The maximum atomic E-state index is 11.6. The number of nitrogens with zero attached hydrogens (tertiary/aromatic N) is 2. The summed E-state index contributed by atoms with van der Waals surface area (Å²) in [7, 11) is -3.85. The molecule has 1 heterocycles. The molecule has 0 aliphatic heterocycles. The first-order valence-electron chi connectivity index (χ1n) is 4.21. The van der Waals surface area contributed by atoms with E-state index in [1.54, 1.807) is 0 Å². The Bertz CT molecular complexity index is 431. The van der Waals surface area contributed by atoms with Gasteiger partial charge in [-0.3, -0.25) is 0 Å². The van der Waals surface area contributed by atoms with Crippen molar-refractivity contribution >= 4 is 21.6 Å². The summed E-state index contributed by atoms with van der Waals surface area (Å²) in [6.07, 6.45) is 2.06. The lowest BCUT2D eigenvalue weighted by Gasteiger charge is -2.13. The lowest BCUT2D eigenvalue weighted by Crippen LogP contribution is -2.40. The summed E-state index contributed by atoms with van der Waals surface area (Å²) >= 11 is 5.40. The lowest BCUT2D eigenvalue weighted by atomic mass is 10.4. The van der Waals surface area contributed by atoms with Gasteiger partial charge < -0.3 is 10.2 Å². The summed E-state index contributed by atoms with van der Waals surface area (Å²) in [6.45, 7) is -1.02. The normalized spacial score (nSPS) is 12.0. The highest BCUT2D eigenvalue weighted by Gasteiger charge is 2.19. The Morgan fingerprint density at radius 3 is 2.25 bits per heavy atom. The lowest BCUT2D eigenvalue weighted by molar-refractivity contribution is 0.185. The summed E-state index contributed by atoms with van der Waals surface area (Å²) in [4.78, 5) is 6.84. The molecule has 0 radical (unpaired) electrons. The summed E-state index contributed by atoms with van der Waals surface area (Å²) in [6, 6.07) is -0.958. The topological polar surface area (TPSA) is 112 Å². The van der Waals surface area contributed by atoms with Gasteiger partial charge in [-0.1, -0.05) is 0 Å². The van der Waals surface area contributed by atoms with Gasteiger partial charge in [0.25, 0.3) is 0 Å². The third-order valence-electron chi connectivity index (χ3n) is 1.67. The molecule has 9 heteroatoms. The van der Waals surface area contributed by atoms with Gasteiger partial charge in [0.1, 0.15) is 4.90 Å². The Balaban J connectivity index is 2.89. The highest BCUT2D eigenvalue weighted by Crippen LogP contribution is 2.07. The first-order valence-corrected chi connectivity index (χ1v) is 6.07. The zero-order valence-corrected chi connectivity index (χ0v) is 9.61. The van der Waals surface area contributed by atoms with Crippen LogP contribution in [-0.4, -0.2) is 47.9 Å². The van der Waals surface area contributed by atoms with Crippen molar-refractivity contribution in [3.05, 3.63) is 17.7 Å². The number of aromatic nitrogens is 2. The number of nitrogens with one attached hydrogen (secondary N) is 1. The second kappa shape index (κ2) is 5.51. The molecule has 16 heavy (non-hydrogen) atoms. The quantitative estimate of drug-likeness (QED) is 0.576. The number of hydrogen-bond donors (Lipinski definition) is 3. The van der Waals surface area contributed by atoms with Gasteiger partial charge >= 0.3 is 0 Å². The summed E-state index contributed by atoms with van der Waals surface area (Å²) < 4.78 is 25.3. The molecule has 3 N–H and O–H groups in total. The van der Waals surface area contributed by atoms with E-state index in [1.165, 1.54) is 0 Å². The molecular formula is C7H10ClN3O4S. The molecular weight excluding hydrogens is 258 g/mol. The molecule has 90 valence electrons. The van der Waals surface area contributed by atoms with Gasteiger partial charge in [0, 0.05) is 0 Å². The van der Waals surface area contributed by atoms with Crippen LogP contribution in [0, 0.1) is 0 Å². The first-order chi connectivity index (χ1) is 7.49. The van der Waals surface area contributed by atoms with Gasteiger partial charge in [-0.2, -0.15) is 0 Å². The zero-order chi connectivity index (χ0) is 12.2. The van der Waals surface area contributed by atoms with Crippen LogP contribution in [0.1, 0.15) is 0 Å². The Labute approximate surface area is 97.2 Å². The van der Waals surface area contributed by atoms with Gasteiger partial charge in [-0.05, 0) is 11.6 Å². The summed E-state index contributed by atoms with van der Waals surface area (Å²) in [5, 5.41) is 17.4. The molecule has 0 bridgehead atoms. The van der Waals surface area contributed by atoms with Crippen molar-refractivity contribution in [1.29, 1.82) is 0 Å². The highest BCUT2D eigenvalue weighted by atomic mass is 35.5. The molecule has 0 atom stereocenters. The second-order valence-electron chi connectivity index (χ2n) is 2.87. The Morgan fingerprint density at radius 1 is 1.31 bits per heavy atom. The van der Waals surface area contributed by atoms with Crippen LogP contribution >= 0.6 is 11.6 Å². The van der Waals surface area contributed by atoms with Crippen LogP contribution in [0.25, 0.3) is 0 Å². The standard InChI is InChI=1S/C7H10ClN3O4S/c8-7-9-1-6(2-10-7)16(14,15)11-5(3-12)4-13/h1-2,5,11-13H,3-4H2. The molecule has 0 aliphatic carbocycles. The van der Waals surface area contributed by atoms with E-state index in [0.29, 0.717) is 0 Å². The summed E-state index contributed by atoms with van der Waals surface area (Å²) in [5.41, 5.74) is 0. The van der Waals surface area contributed by atoms with Gasteiger partial charge in [0.05, 0.1) is 31.6 Å². The molecule has 0 aliphatic rings. The molecule has 0 amide bonds. The Kier molecular flexibility index (Phi) is 4.56. The monoisotopic (exact) mass is 267 g/mol. The van der Waals surface area contributed by atoms with Crippen molar-refractivity contribution in [3.8, 4) is 0 Å². The molecule has 1 aromatic rings. The Morgan fingerprint density at radius 2 is 1.81 bits per heavy atom. The van der Waals surface area contributed by atoms with Gasteiger partial charge in [0.15, 0.2) is 0 Å². The van der Waals surface area contributed by atoms with Crippen molar-refractivity contribution in [2.24, 2.45) is 0 Å². The van der Waals surface area contributed by atoms with Crippen molar-refractivity contribution in [2.75, 3.05) is 13.2 Å². The third-order valence-corrected chi connectivity index (χ3v) is 3.34. The number of halogens is 1. The van der Waals surface area contributed by atoms with Crippen molar-refractivity contribution in [2.45, 2.75) is 10.9 Å². The molecule has 1 aromatic heterocycles. The fraction of sp³-hybridized carbons (Fsp3) is 0.429. The maximum absolute atomic E-state index is 11.6. The zero-order valence-electron chi connectivity index (χ0n) is 8.04. The molecule has 0 spiro atoms. The van der Waals surface area contributed by atoms with E-state index in [4.69, 9.17) is 21.8 Å². The van der Waals surface area contributed by atoms with E-state index < -0.39 is 29.3 Å². The van der Waals surface area contributed by atoms with Crippen LogP contribution < -0.4 is 4.72 Å². The summed E-state index contributed by atoms with van der Waals surface area (Å²) in [5.74, 6) is 0. The fourth-order valence-corrected chi connectivity index (χ4v) is 2.06. The fourth-order valence-electron chi connectivity index (χ4n) is 0.859. The molecule has 1 rings (SSSR count). The van der Waals surface area contributed by atoms with Crippen LogP contribution in [0.15, 0.2) is 17.3 Å². The van der Waals surface area contributed by atoms with Gasteiger partial charge in [-0.25, -0.2) is 23.1 Å². The average Bonchev–Trinajstić information content (AvgIpc) is 2.26. The predicted octanol–water partition coefficient (Wildman–Crippen LogP) is -1.24. The third kappa shape index (κ3) is 3.35. The van der Waals surface area contributed by atoms with Crippen LogP contribution in [-0.2, 0) is 10.0 Å². The van der Waals surface area contributed by atoms with Crippen LogP contribution in [0.3, 0.4) is 0 Å². The van der Waals surface area contributed by atoms with E-state index >= 15 is 0 Å². The number of hydrogen-bond acceptors (Lipinski definition) is 6.